The quantitative estimate of drug-likeness (QED) is 0.0953. The lowest BCUT2D eigenvalue weighted by Crippen LogP contribution is -2.30. The summed E-state index contributed by atoms with van der Waals surface area (Å²) in [4.78, 5) is 24.5. The summed E-state index contributed by atoms with van der Waals surface area (Å²) in [6.45, 7) is 0. The van der Waals surface area contributed by atoms with Gasteiger partial charge in [-0.15, -0.1) is 0 Å². The molecule has 1 amide bonds. The van der Waals surface area contributed by atoms with Crippen LogP contribution in [0.25, 0.3) is 22.9 Å². The summed E-state index contributed by atoms with van der Waals surface area (Å²) in [5, 5.41) is 11.3. The number of hydrazine groups is 1. The summed E-state index contributed by atoms with van der Waals surface area (Å²) in [5.41, 5.74) is 4.63. The first kappa shape index (κ1) is 22.1. The Hall–Kier alpha value is -4.13. The van der Waals surface area contributed by atoms with Crippen molar-refractivity contribution in [1.29, 1.82) is 0 Å². The van der Waals surface area contributed by atoms with Gasteiger partial charge >= 0.3 is 5.97 Å². The van der Waals surface area contributed by atoms with Crippen LogP contribution in [0.3, 0.4) is 0 Å². The number of fused-ring (bicyclic) bond motifs is 1. The van der Waals surface area contributed by atoms with Crippen molar-refractivity contribution in [1.82, 2.24) is 5.43 Å². The SMILES string of the molecule is NNC(=O)c1ccc(C=Cc2cccc(OC(=O)c3ccc(O)c(Cl)c3)c2)c2ccccc12. The molecule has 0 bridgehead atoms. The van der Waals surface area contributed by atoms with Crippen LogP contribution < -0.4 is 16.0 Å². The number of nitrogens with two attached hydrogens (primary N) is 1. The van der Waals surface area contributed by atoms with Crippen LogP contribution in [-0.2, 0) is 0 Å². The topological polar surface area (TPSA) is 102 Å². The summed E-state index contributed by atoms with van der Waals surface area (Å²) in [6.07, 6.45) is 3.81. The predicted molar refractivity (Wildman–Crippen MR) is 129 cm³/mol. The first-order valence-electron chi connectivity index (χ1n) is 9.98. The van der Waals surface area contributed by atoms with E-state index in [-0.39, 0.29) is 22.2 Å². The molecule has 0 aliphatic rings. The standard InChI is InChI=1S/C26H19ClN2O4/c27-23-15-18(11-13-24(23)30)26(32)33-19-5-3-4-16(14-19)8-9-17-10-12-22(25(31)29-28)21-7-2-1-6-20(17)21/h1-15,30H,28H2,(H,29,31). The van der Waals surface area contributed by atoms with E-state index in [4.69, 9.17) is 22.2 Å². The van der Waals surface area contributed by atoms with Crippen molar-refractivity contribution in [2.75, 3.05) is 0 Å². The fourth-order valence-corrected chi connectivity index (χ4v) is 3.59. The molecule has 0 aromatic heterocycles. The van der Waals surface area contributed by atoms with Gasteiger partial charge in [0.25, 0.3) is 5.91 Å². The van der Waals surface area contributed by atoms with Crippen LogP contribution in [-0.4, -0.2) is 17.0 Å². The number of carbonyl (C=O) groups is 2. The molecule has 0 heterocycles. The van der Waals surface area contributed by atoms with Gasteiger partial charge in [-0.2, -0.15) is 0 Å². The Bertz CT molecular complexity index is 1400. The van der Waals surface area contributed by atoms with E-state index in [2.05, 4.69) is 5.43 Å². The van der Waals surface area contributed by atoms with Gasteiger partial charge in [0.2, 0.25) is 0 Å². The molecule has 0 aliphatic heterocycles. The minimum Gasteiger partial charge on any atom is -0.506 e. The van der Waals surface area contributed by atoms with Crippen LogP contribution in [0.2, 0.25) is 5.02 Å². The van der Waals surface area contributed by atoms with Crippen molar-refractivity contribution in [3.63, 3.8) is 0 Å². The van der Waals surface area contributed by atoms with E-state index in [1.807, 2.05) is 48.6 Å². The summed E-state index contributed by atoms with van der Waals surface area (Å²) in [6, 6.07) is 22.3. The van der Waals surface area contributed by atoms with Crippen molar-refractivity contribution < 1.29 is 19.4 Å². The van der Waals surface area contributed by atoms with Gasteiger partial charge in [-0.05, 0) is 58.3 Å². The maximum atomic E-state index is 12.4. The highest BCUT2D eigenvalue weighted by atomic mass is 35.5. The van der Waals surface area contributed by atoms with Gasteiger partial charge in [0.05, 0.1) is 10.6 Å². The molecule has 4 N–H and O–H groups in total. The number of esters is 1. The largest absolute Gasteiger partial charge is 0.506 e. The number of ether oxygens (including phenoxy) is 1. The van der Waals surface area contributed by atoms with Gasteiger partial charge in [0, 0.05) is 5.56 Å². The third kappa shape index (κ3) is 4.87. The molecule has 7 heteroatoms. The van der Waals surface area contributed by atoms with Gasteiger partial charge in [-0.3, -0.25) is 10.2 Å². The van der Waals surface area contributed by atoms with Crippen LogP contribution in [0.15, 0.2) is 78.9 Å². The Morgan fingerprint density at radius 1 is 0.909 bits per heavy atom. The van der Waals surface area contributed by atoms with Crippen molar-refractivity contribution in [2.45, 2.75) is 0 Å². The Morgan fingerprint density at radius 3 is 2.45 bits per heavy atom. The minimum atomic E-state index is -0.585. The Kier molecular flexibility index (Phi) is 6.40. The monoisotopic (exact) mass is 458 g/mol. The highest BCUT2D eigenvalue weighted by Gasteiger charge is 2.12. The zero-order chi connectivity index (χ0) is 23.4. The molecule has 0 radical (unpaired) electrons. The van der Waals surface area contributed by atoms with E-state index in [1.54, 1.807) is 24.3 Å². The van der Waals surface area contributed by atoms with Gasteiger partial charge in [0.1, 0.15) is 11.5 Å². The first-order valence-corrected chi connectivity index (χ1v) is 10.4. The second-order valence-electron chi connectivity index (χ2n) is 7.18. The Balaban J connectivity index is 1.58. The summed E-state index contributed by atoms with van der Waals surface area (Å²) < 4.78 is 5.44. The van der Waals surface area contributed by atoms with E-state index in [1.165, 1.54) is 18.2 Å². The van der Waals surface area contributed by atoms with Crippen molar-refractivity contribution in [3.8, 4) is 11.5 Å². The van der Waals surface area contributed by atoms with Crippen LogP contribution in [0, 0.1) is 0 Å². The summed E-state index contributed by atoms with van der Waals surface area (Å²) in [5.74, 6) is 4.62. The fraction of sp³-hybridized carbons (Fsp3) is 0. The lowest BCUT2D eigenvalue weighted by molar-refractivity contribution is 0.0734. The fourth-order valence-electron chi connectivity index (χ4n) is 3.41. The number of rotatable bonds is 5. The van der Waals surface area contributed by atoms with E-state index >= 15 is 0 Å². The number of aromatic hydroxyl groups is 1. The molecular weight excluding hydrogens is 440 g/mol. The van der Waals surface area contributed by atoms with Gasteiger partial charge in [-0.25, -0.2) is 10.6 Å². The Labute approximate surface area is 194 Å². The Morgan fingerprint density at radius 2 is 1.70 bits per heavy atom. The molecule has 0 unspecified atom stereocenters. The highest BCUT2D eigenvalue weighted by molar-refractivity contribution is 6.32. The van der Waals surface area contributed by atoms with Crippen molar-refractivity contribution >= 4 is 46.4 Å². The number of hydrogen-bond acceptors (Lipinski definition) is 5. The number of nitrogen functional groups attached to an aromatic ring is 1. The number of benzene rings is 4. The normalized spacial score (nSPS) is 11.0. The number of carbonyl (C=O) groups excluding carboxylic acids is 2. The lowest BCUT2D eigenvalue weighted by Gasteiger charge is -2.08. The summed E-state index contributed by atoms with van der Waals surface area (Å²) >= 11 is 5.87. The second-order valence-corrected chi connectivity index (χ2v) is 7.59. The van der Waals surface area contributed by atoms with E-state index in [0.717, 1.165) is 21.9 Å². The van der Waals surface area contributed by atoms with Crippen LogP contribution in [0.4, 0.5) is 0 Å². The number of phenols is 1. The number of amides is 1. The van der Waals surface area contributed by atoms with Gasteiger partial charge in [-0.1, -0.05) is 66.2 Å². The van der Waals surface area contributed by atoms with E-state index in [9.17, 15) is 14.7 Å². The van der Waals surface area contributed by atoms with Crippen LogP contribution >= 0.6 is 11.6 Å². The zero-order valence-electron chi connectivity index (χ0n) is 17.3. The maximum absolute atomic E-state index is 12.4. The minimum absolute atomic E-state index is 0.0725. The van der Waals surface area contributed by atoms with Crippen LogP contribution in [0.5, 0.6) is 11.5 Å². The van der Waals surface area contributed by atoms with Gasteiger partial charge < -0.3 is 9.84 Å². The van der Waals surface area contributed by atoms with E-state index < -0.39 is 5.97 Å². The average Bonchev–Trinajstić information content (AvgIpc) is 2.84. The second kappa shape index (κ2) is 9.56. The highest BCUT2D eigenvalue weighted by Crippen LogP contribution is 2.26. The predicted octanol–water partition coefficient (Wildman–Crippen LogP) is 5.19. The van der Waals surface area contributed by atoms with Crippen molar-refractivity contribution in [2.24, 2.45) is 5.84 Å². The maximum Gasteiger partial charge on any atom is 0.343 e. The molecule has 4 aromatic rings. The number of phenolic OH excluding ortho intramolecular Hbond substituents is 1. The summed E-state index contributed by atoms with van der Waals surface area (Å²) in [7, 11) is 0. The van der Waals surface area contributed by atoms with E-state index in [0.29, 0.717) is 11.3 Å². The molecule has 6 nitrogen and oxygen atoms in total. The molecule has 0 saturated carbocycles. The molecule has 0 atom stereocenters. The first-order chi connectivity index (χ1) is 16.0. The lowest BCUT2D eigenvalue weighted by atomic mass is 9.98. The molecule has 4 rings (SSSR count). The molecule has 0 saturated heterocycles. The molecule has 0 aliphatic carbocycles. The average molecular weight is 459 g/mol. The molecule has 164 valence electrons. The number of nitrogens with one attached hydrogen (secondary N) is 1. The van der Waals surface area contributed by atoms with Crippen molar-refractivity contribution in [3.05, 3.63) is 106 Å². The molecule has 33 heavy (non-hydrogen) atoms. The molecule has 0 fully saturated rings. The number of hydrogen-bond donors (Lipinski definition) is 3. The molecule has 4 aromatic carbocycles. The van der Waals surface area contributed by atoms with Crippen LogP contribution in [0.1, 0.15) is 31.8 Å². The van der Waals surface area contributed by atoms with Gasteiger partial charge in [0.15, 0.2) is 0 Å². The third-order valence-corrected chi connectivity index (χ3v) is 5.34. The number of halogens is 1. The smallest absolute Gasteiger partial charge is 0.343 e. The zero-order valence-corrected chi connectivity index (χ0v) is 18.0. The molecule has 0 spiro atoms. The third-order valence-electron chi connectivity index (χ3n) is 5.04. The molecular formula is C26H19ClN2O4.